The number of amides is 2. The van der Waals surface area contributed by atoms with Crippen molar-refractivity contribution in [3.05, 3.63) is 119 Å². The van der Waals surface area contributed by atoms with Gasteiger partial charge in [-0.15, -0.1) is 0 Å². The lowest BCUT2D eigenvalue weighted by molar-refractivity contribution is -0.138. The van der Waals surface area contributed by atoms with Crippen LogP contribution in [0.1, 0.15) is 16.7 Å². The van der Waals surface area contributed by atoms with Crippen molar-refractivity contribution >= 4 is 34.2 Å². The molecule has 1 saturated heterocycles. The van der Waals surface area contributed by atoms with Crippen LogP contribution in [0.15, 0.2) is 97.1 Å². The van der Waals surface area contributed by atoms with E-state index in [1.54, 1.807) is 12.1 Å². The molecule has 0 saturated carbocycles. The van der Waals surface area contributed by atoms with E-state index in [1.807, 2.05) is 59.5 Å². The van der Waals surface area contributed by atoms with Gasteiger partial charge in [-0.25, -0.2) is 0 Å². The van der Waals surface area contributed by atoms with Gasteiger partial charge < -0.3 is 26.0 Å². The van der Waals surface area contributed by atoms with Gasteiger partial charge in [0.15, 0.2) is 0 Å². The Balaban J connectivity index is 1.23. The van der Waals surface area contributed by atoms with Crippen LogP contribution in [0.5, 0.6) is 0 Å². The molecule has 5 rings (SSSR count). The number of benzene rings is 4. The van der Waals surface area contributed by atoms with Crippen LogP contribution in [0.4, 0.5) is 0 Å². The van der Waals surface area contributed by atoms with E-state index in [4.69, 9.17) is 22.1 Å². The molecule has 0 spiro atoms. The molecule has 0 bridgehead atoms. The molecule has 2 unspecified atom stereocenters. The van der Waals surface area contributed by atoms with Crippen molar-refractivity contribution in [1.29, 1.82) is 0 Å². The van der Waals surface area contributed by atoms with Gasteiger partial charge in [-0.05, 0) is 46.0 Å². The maximum Gasteiger partial charge on any atom is 0.245 e. The highest BCUT2D eigenvalue weighted by Crippen LogP contribution is 2.18. The fourth-order valence-electron chi connectivity index (χ4n) is 5.32. The molecule has 3 atom stereocenters. The minimum atomic E-state index is -0.905. The molecule has 0 aliphatic carbocycles. The molecule has 4 N–H and O–H groups in total. The van der Waals surface area contributed by atoms with Gasteiger partial charge in [-0.2, -0.15) is 0 Å². The fraction of sp³-hybridized carbons (Fsp3) is 0.294. The standard InChI is InChI=1S/C34H37ClN4O3/c35-29-14-11-24(12-15-29)20-32(38-33(40)31(36)23-42-22-25-6-2-1-3-7-25)34(41)39-17-16-37-30(21-39)19-26-10-13-27-8-4-5-9-28(27)18-26/h1-15,18,30-32,37H,16-17,19-23,36H2,(H,38,40)/t30?,31?,32-/m1/s1. The number of hydrogen-bond acceptors (Lipinski definition) is 5. The van der Waals surface area contributed by atoms with Crippen LogP contribution < -0.4 is 16.4 Å². The number of ether oxygens (including phenoxy) is 1. The molecule has 7 nitrogen and oxygen atoms in total. The van der Waals surface area contributed by atoms with Gasteiger partial charge >= 0.3 is 0 Å². The third kappa shape index (κ3) is 8.17. The van der Waals surface area contributed by atoms with E-state index in [2.05, 4.69) is 41.0 Å². The molecule has 42 heavy (non-hydrogen) atoms. The molecule has 218 valence electrons. The van der Waals surface area contributed by atoms with Gasteiger partial charge in [0.2, 0.25) is 11.8 Å². The third-order valence-corrected chi connectivity index (χ3v) is 7.83. The second-order valence-corrected chi connectivity index (χ2v) is 11.3. The quantitative estimate of drug-likeness (QED) is 0.247. The molecule has 4 aromatic rings. The molecular weight excluding hydrogens is 548 g/mol. The molecule has 1 heterocycles. The Hall–Kier alpha value is -3.75. The van der Waals surface area contributed by atoms with E-state index in [0.29, 0.717) is 37.7 Å². The van der Waals surface area contributed by atoms with Crippen molar-refractivity contribution in [2.75, 3.05) is 26.2 Å². The van der Waals surface area contributed by atoms with Crippen molar-refractivity contribution in [2.24, 2.45) is 5.73 Å². The summed E-state index contributed by atoms with van der Waals surface area (Å²) in [5.41, 5.74) is 9.29. The van der Waals surface area contributed by atoms with Crippen LogP contribution in [-0.4, -0.2) is 61.1 Å². The van der Waals surface area contributed by atoms with Crippen LogP contribution in [0.25, 0.3) is 10.8 Å². The number of rotatable bonds is 11. The Kier molecular flexibility index (Phi) is 10.2. The number of carbonyl (C=O) groups excluding carboxylic acids is 2. The van der Waals surface area contributed by atoms with Crippen molar-refractivity contribution in [1.82, 2.24) is 15.5 Å². The summed E-state index contributed by atoms with van der Waals surface area (Å²) in [5.74, 6) is -0.543. The monoisotopic (exact) mass is 584 g/mol. The summed E-state index contributed by atoms with van der Waals surface area (Å²) in [6.07, 6.45) is 1.13. The zero-order chi connectivity index (χ0) is 29.3. The van der Waals surface area contributed by atoms with Crippen LogP contribution >= 0.6 is 11.6 Å². The lowest BCUT2D eigenvalue weighted by Crippen LogP contribution is -2.59. The van der Waals surface area contributed by atoms with Crippen molar-refractivity contribution < 1.29 is 14.3 Å². The molecule has 0 aromatic heterocycles. The van der Waals surface area contributed by atoms with Crippen molar-refractivity contribution in [3.8, 4) is 0 Å². The number of carbonyl (C=O) groups is 2. The number of nitrogens with one attached hydrogen (secondary N) is 2. The highest BCUT2D eigenvalue weighted by molar-refractivity contribution is 6.30. The van der Waals surface area contributed by atoms with Gasteiger partial charge in [0.05, 0.1) is 13.2 Å². The summed E-state index contributed by atoms with van der Waals surface area (Å²) in [5, 5.41) is 9.50. The Morgan fingerprint density at radius 2 is 1.64 bits per heavy atom. The lowest BCUT2D eigenvalue weighted by atomic mass is 9.99. The molecule has 1 aliphatic rings. The predicted octanol–water partition coefficient (Wildman–Crippen LogP) is 4.11. The highest BCUT2D eigenvalue weighted by atomic mass is 35.5. The van der Waals surface area contributed by atoms with Crippen molar-refractivity contribution in [2.45, 2.75) is 37.6 Å². The van der Waals surface area contributed by atoms with Crippen molar-refractivity contribution in [3.63, 3.8) is 0 Å². The number of fused-ring (bicyclic) bond motifs is 1. The minimum Gasteiger partial charge on any atom is -0.375 e. The van der Waals surface area contributed by atoms with Gasteiger partial charge in [0, 0.05) is 37.1 Å². The van der Waals surface area contributed by atoms with E-state index >= 15 is 0 Å². The Bertz CT molecular complexity index is 1480. The summed E-state index contributed by atoms with van der Waals surface area (Å²) < 4.78 is 5.69. The van der Waals surface area contributed by atoms with Gasteiger partial charge in [-0.3, -0.25) is 9.59 Å². The number of nitrogens with two attached hydrogens (primary N) is 1. The summed E-state index contributed by atoms with van der Waals surface area (Å²) in [6.45, 7) is 2.19. The van der Waals surface area contributed by atoms with E-state index in [-0.39, 0.29) is 18.6 Å². The molecule has 4 aromatic carbocycles. The van der Waals surface area contributed by atoms with Crippen LogP contribution in [0, 0.1) is 0 Å². The number of halogens is 1. The first kappa shape index (κ1) is 29.7. The largest absolute Gasteiger partial charge is 0.375 e. The number of piperazine rings is 1. The molecule has 0 radical (unpaired) electrons. The highest BCUT2D eigenvalue weighted by Gasteiger charge is 2.31. The first-order chi connectivity index (χ1) is 20.4. The Morgan fingerprint density at radius 1 is 0.929 bits per heavy atom. The zero-order valence-corrected chi connectivity index (χ0v) is 24.3. The van der Waals surface area contributed by atoms with Crippen LogP contribution in [-0.2, 0) is 33.8 Å². The van der Waals surface area contributed by atoms with E-state index in [0.717, 1.165) is 17.5 Å². The van der Waals surface area contributed by atoms with Gasteiger partial charge in [0.1, 0.15) is 12.1 Å². The molecule has 2 amide bonds. The normalized spacial score (nSPS) is 16.6. The second-order valence-electron chi connectivity index (χ2n) is 10.8. The predicted molar refractivity (Wildman–Crippen MR) is 167 cm³/mol. The Morgan fingerprint density at radius 3 is 2.43 bits per heavy atom. The summed E-state index contributed by atoms with van der Waals surface area (Å²) >= 11 is 6.08. The molecule has 8 heteroatoms. The molecule has 1 fully saturated rings. The van der Waals surface area contributed by atoms with Crippen LogP contribution in [0.3, 0.4) is 0 Å². The zero-order valence-electron chi connectivity index (χ0n) is 23.5. The van der Waals surface area contributed by atoms with Gasteiger partial charge in [0.25, 0.3) is 0 Å². The minimum absolute atomic E-state index is 0.0457. The third-order valence-electron chi connectivity index (χ3n) is 7.58. The average Bonchev–Trinajstić information content (AvgIpc) is 3.02. The maximum atomic E-state index is 13.9. The summed E-state index contributed by atoms with van der Waals surface area (Å²) in [7, 11) is 0. The Labute approximate surface area is 252 Å². The van der Waals surface area contributed by atoms with E-state index < -0.39 is 18.0 Å². The van der Waals surface area contributed by atoms with E-state index in [9.17, 15) is 9.59 Å². The topological polar surface area (TPSA) is 96.7 Å². The lowest BCUT2D eigenvalue weighted by Gasteiger charge is -2.36. The molecular formula is C34H37ClN4O3. The maximum absolute atomic E-state index is 13.9. The van der Waals surface area contributed by atoms with E-state index in [1.165, 1.54) is 16.3 Å². The molecule has 1 aliphatic heterocycles. The number of nitrogens with zero attached hydrogens (tertiary/aromatic N) is 1. The fourth-order valence-corrected chi connectivity index (χ4v) is 5.45. The smallest absolute Gasteiger partial charge is 0.245 e. The summed E-state index contributed by atoms with van der Waals surface area (Å²) in [6, 6.07) is 30.3. The second kappa shape index (κ2) is 14.4. The van der Waals surface area contributed by atoms with Gasteiger partial charge in [-0.1, -0.05) is 96.5 Å². The summed E-state index contributed by atoms with van der Waals surface area (Å²) in [4.78, 5) is 28.9. The average molecular weight is 585 g/mol. The number of hydrogen-bond donors (Lipinski definition) is 3. The first-order valence-corrected chi connectivity index (χ1v) is 14.7. The SMILES string of the molecule is NC(COCc1ccccc1)C(=O)N[C@H](Cc1ccc(Cl)cc1)C(=O)N1CCNC(Cc2ccc3ccccc3c2)C1. The first-order valence-electron chi connectivity index (χ1n) is 14.4. The van der Waals surface area contributed by atoms with Crippen LogP contribution in [0.2, 0.25) is 5.02 Å².